The van der Waals surface area contributed by atoms with E-state index in [0.717, 1.165) is 29.9 Å². The van der Waals surface area contributed by atoms with E-state index in [1.165, 1.54) is 0 Å². The molecule has 0 saturated heterocycles. The zero-order valence-corrected chi connectivity index (χ0v) is 12.6. The standard InChI is InChI=1S/C17H15N3O3/c1-23-14-9-8-13(10-2-6-12(7-3-10)17(21)22)20-16(14)18-15(19-20)11-4-5-11/h2-3,6-9,11H,4-5H2,1H3,(H,21,22). The van der Waals surface area contributed by atoms with Gasteiger partial charge < -0.3 is 9.84 Å². The maximum Gasteiger partial charge on any atom is 0.335 e. The van der Waals surface area contributed by atoms with Crippen molar-refractivity contribution in [2.45, 2.75) is 18.8 Å². The molecule has 1 aliphatic carbocycles. The SMILES string of the molecule is COc1ccc(-c2ccc(C(=O)O)cc2)n2nc(C3CC3)nc12. The van der Waals surface area contributed by atoms with Crippen LogP contribution in [-0.2, 0) is 0 Å². The normalized spacial score (nSPS) is 14.1. The van der Waals surface area contributed by atoms with E-state index in [-0.39, 0.29) is 5.56 Å². The number of rotatable bonds is 4. The highest BCUT2D eigenvalue weighted by atomic mass is 16.5. The fourth-order valence-corrected chi connectivity index (χ4v) is 2.63. The van der Waals surface area contributed by atoms with Gasteiger partial charge in [0, 0.05) is 11.5 Å². The number of methoxy groups -OCH3 is 1. The molecule has 0 spiro atoms. The van der Waals surface area contributed by atoms with Gasteiger partial charge in [0.2, 0.25) is 0 Å². The third-order valence-electron chi connectivity index (χ3n) is 4.05. The van der Waals surface area contributed by atoms with Gasteiger partial charge in [-0.3, -0.25) is 0 Å². The van der Waals surface area contributed by atoms with E-state index in [1.54, 1.807) is 35.9 Å². The highest BCUT2D eigenvalue weighted by Gasteiger charge is 2.29. The number of aromatic carboxylic acids is 1. The highest BCUT2D eigenvalue weighted by molar-refractivity contribution is 5.88. The summed E-state index contributed by atoms with van der Waals surface area (Å²) in [6, 6.07) is 10.5. The quantitative estimate of drug-likeness (QED) is 0.801. The van der Waals surface area contributed by atoms with Crippen LogP contribution in [0.2, 0.25) is 0 Å². The van der Waals surface area contributed by atoms with Crippen molar-refractivity contribution in [1.29, 1.82) is 0 Å². The van der Waals surface area contributed by atoms with Crippen LogP contribution in [0.5, 0.6) is 5.75 Å². The summed E-state index contributed by atoms with van der Waals surface area (Å²) in [5.74, 6) is 1.03. The fourth-order valence-electron chi connectivity index (χ4n) is 2.63. The summed E-state index contributed by atoms with van der Waals surface area (Å²) in [4.78, 5) is 15.6. The van der Waals surface area contributed by atoms with Crippen molar-refractivity contribution in [1.82, 2.24) is 14.6 Å². The molecular weight excluding hydrogens is 294 g/mol. The summed E-state index contributed by atoms with van der Waals surface area (Å²) in [6.45, 7) is 0. The average molecular weight is 309 g/mol. The molecule has 4 rings (SSSR count). The van der Waals surface area contributed by atoms with Gasteiger partial charge in [0.25, 0.3) is 0 Å². The maximum absolute atomic E-state index is 11.0. The Morgan fingerprint density at radius 1 is 1.22 bits per heavy atom. The highest BCUT2D eigenvalue weighted by Crippen LogP contribution is 2.39. The predicted molar refractivity (Wildman–Crippen MR) is 83.9 cm³/mol. The Labute approximate surface area is 132 Å². The molecule has 0 radical (unpaired) electrons. The minimum Gasteiger partial charge on any atom is -0.493 e. The average Bonchev–Trinajstić information content (AvgIpc) is 3.32. The molecule has 116 valence electrons. The molecule has 0 bridgehead atoms. The van der Waals surface area contributed by atoms with E-state index in [0.29, 0.717) is 17.3 Å². The predicted octanol–water partition coefficient (Wildman–Crippen LogP) is 2.98. The summed E-state index contributed by atoms with van der Waals surface area (Å²) < 4.78 is 7.16. The van der Waals surface area contributed by atoms with Crippen LogP contribution in [0, 0.1) is 0 Å². The Hall–Kier alpha value is -2.89. The second kappa shape index (κ2) is 5.08. The molecule has 6 heteroatoms. The number of carboxylic acids is 1. The van der Waals surface area contributed by atoms with Crippen molar-refractivity contribution in [3.63, 3.8) is 0 Å². The number of pyridine rings is 1. The number of benzene rings is 1. The van der Waals surface area contributed by atoms with Gasteiger partial charge in [0.05, 0.1) is 18.4 Å². The fraction of sp³-hybridized carbons (Fsp3) is 0.235. The molecule has 2 heterocycles. The lowest BCUT2D eigenvalue weighted by Gasteiger charge is -2.07. The molecular formula is C17H15N3O3. The molecule has 0 atom stereocenters. The molecule has 3 aromatic rings. The van der Waals surface area contributed by atoms with Crippen LogP contribution in [0.15, 0.2) is 36.4 Å². The smallest absolute Gasteiger partial charge is 0.335 e. The molecule has 0 amide bonds. The maximum atomic E-state index is 11.0. The van der Waals surface area contributed by atoms with Gasteiger partial charge in [-0.15, -0.1) is 0 Å². The monoisotopic (exact) mass is 309 g/mol. The number of carboxylic acid groups (broad SMARTS) is 1. The van der Waals surface area contributed by atoms with E-state index in [4.69, 9.17) is 9.84 Å². The largest absolute Gasteiger partial charge is 0.493 e. The van der Waals surface area contributed by atoms with Gasteiger partial charge >= 0.3 is 5.97 Å². The van der Waals surface area contributed by atoms with Gasteiger partial charge in [-0.1, -0.05) is 12.1 Å². The Morgan fingerprint density at radius 2 is 1.96 bits per heavy atom. The van der Waals surface area contributed by atoms with Crippen LogP contribution in [-0.4, -0.2) is 32.8 Å². The van der Waals surface area contributed by atoms with E-state index >= 15 is 0 Å². The Morgan fingerprint density at radius 3 is 2.57 bits per heavy atom. The summed E-state index contributed by atoms with van der Waals surface area (Å²) >= 11 is 0. The van der Waals surface area contributed by atoms with E-state index in [1.807, 2.05) is 12.1 Å². The lowest BCUT2D eigenvalue weighted by atomic mass is 10.1. The summed E-state index contributed by atoms with van der Waals surface area (Å²) in [5, 5.41) is 13.6. The van der Waals surface area contributed by atoms with Crippen LogP contribution >= 0.6 is 0 Å². The van der Waals surface area contributed by atoms with E-state index in [9.17, 15) is 4.79 Å². The summed E-state index contributed by atoms with van der Waals surface area (Å²) in [7, 11) is 1.61. The molecule has 1 saturated carbocycles. The first-order valence-electron chi connectivity index (χ1n) is 7.45. The van der Waals surface area contributed by atoms with Gasteiger partial charge in [-0.2, -0.15) is 5.10 Å². The first kappa shape index (κ1) is 13.8. The van der Waals surface area contributed by atoms with Crippen LogP contribution < -0.4 is 4.74 Å². The molecule has 1 aliphatic rings. The third-order valence-corrected chi connectivity index (χ3v) is 4.05. The van der Waals surface area contributed by atoms with Crippen LogP contribution in [0.3, 0.4) is 0 Å². The first-order valence-corrected chi connectivity index (χ1v) is 7.45. The molecule has 23 heavy (non-hydrogen) atoms. The zero-order chi connectivity index (χ0) is 16.0. The summed E-state index contributed by atoms with van der Waals surface area (Å²) in [5.41, 5.74) is 2.69. The number of hydrogen-bond acceptors (Lipinski definition) is 4. The van der Waals surface area contributed by atoms with Crippen molar-refractivity contribution in [3.05, 3.63) is 47.8 Å². The minimum absolute atomic E-state index is 0.260. The topological polar surface area (TPSA) is 76.7 Å². The number of hydrogen-bond donors (Lipinski definition) is 1. The molecule has 6 nitrogen and oxygen atoms in total. The minimum atomic E-state index is -0.937. The van der Waals surface area contributed by atoms with Crippen molar-refractivity contribution in [2.75, 3.05) is 7.11 Å². The van der Waals surface area contributed by atoms with Crippen molar-refractivity contribution >= 4 is 11.6 Å². The molecule has 0 aliphatic heterocycles. The molecule has 1 aromatic carbocycles. The van der Waals surface area contributed by atoms with Gasteiger partial charge in [-0.05, 0) is 37.1 Å². The summed E-state index contributed by atoms with van der Waals surface area (Å²) in [6.07, 6.45) is 2.25. The van der Waals surface area contributed by atoms with Crippen LogP contribution in [0.4, 0.5) is 0 Å². The number of ether oxygens (including phenoxy) is 1. The zero-order valence-electron chi connectivity index (χ0n) is 12.6. The lowest BCUT2D eigenvalue weighted by Crippen LogP contribution is -1.99. The van der Waals surface area contributed by atoms with E-state index in [2.05, 4.69) is 10.1 Å². The second-order valence-corrected chi connectivity index (χ2v) is 5.65. The Balaban J connectivity index is 1.87. The van der Waals surface area contributed by atoms with Crippen molar-refractivity contribution in [2.24, 2.45) is 0 Å². The van der Waals surface area contributed by atoms with E-state index < -0.39 is 5.97 Å². The van der Waals surface area contributed by atoms with Gasteiger partial charge in [0.15, 0.2) is 17.2 Å². The molecule has 1 N–H and O–H groups in total. The molecule has 2 aromatic heterocycles. The molecule has 0 unspecified atom stereocenters. The Kier molecular flexibility index (Phi) is 3.04. The van der Waals surface area contributed by atoms with Crippen LogP contribution in [0.25, 0.3) is 16.9 Å². The first-order chi connectivity index (χ1) is 11.2. The molecule has 1 fully saturated rings. The third kappa shape index (κ3) is 2.32. The number of fused-ring (bicyclic) bond motifs is 1. The van der Waals surface area contributed by atoms with Gasteiger partial charge in [-0.25, -0.2) is 14.3 Å². The van der Waals surface area contributed by atoms with Crippen LogP contribution in [0.1, 0.15) is 34.9 Å². The number of carbonyl (C=O) groups is 1. The van der Waals surface area contributed by atoms with Gasteiger partial charge in [0.1, 0.15) is 0 Å². The lowest BCUT2D eigenvalue weighted by molar-refractivity contribution is 0.0697. The second-order valence-electron chi connectivity index (χ2n) is 5.65. The van der Waals surface area contributed by atoms with Crippen molar-refractivity contribution < 1.29 is 14.6 Å². The number of aromatic nitrogens is 3. The van der Waals surface area contributed by atoms with Crippen molar-refractivity contribution in [3.8, 4) is 17.0 Å². The Bertz CT molecular complexity index is 895. The number of nitrogens with zero attached hydrogens (tertiary/aromatic N) is 3.